The average Bonchev–Trinajstić information content (AvgIpc) is 2.84. The van der Waals surface area contributed by atoms with E-state index in [1.165, 1.54) is 0 Å². The van der Waals surface area contributed by atoms with Crippen molar-refractivity contribution in [3.63, 3.8) is 0 Å². The van der Waals surface area contributed by atoms with E-state index in [0.717, 1.165) is 46.8 Å². The highest BCUT2D eigenvalue weighted by Crippen LogP contribution is 2.32. The van der Waals surface area contributed by atoms with Gasteiger partial charge in [0.2, 0.25) is 0 Å². The van der Waals surface area contributed by atoms with Gasteiger partial charge in [-0.3, -0.25) is 0 Å². The van der Waals surface area contributed by atoms with Gasteiger partial charge in [0, 0.05) is 23.0 Å². The number of hydrogen-bond acceptors (Lipinski definition) is 3. The lowest BCUT2D eigenvalue weighted by Gasteiger charge is -2.07. The van der Waals surface area contributed by atoms with Crippen LogP contribution in [0.2, 0.25) is 0 Å². The van der Waals surface area contributed by atoms with Crippen molar-refractivity contribution in [1.82, 2.24) is 14.8 Å². The summed E-state index contributed by atoms with van der Waals surface area (Å²) >= 11 is 3.43. The molecule has 0 fully saturated rings. The van der Waals surface area contributed by atoms with E-state index in [-0.39, 0.29) is 0 Å². The lowest BCUT2D eigenvalue weighted by atomic mass is 10.1. The fourth-order valence-electron chi connectivity index (χ4n) is 2.08. The van der Waals surface area contributed by atoms with Gasteiger partial charge in [0.1, 0.15) is 5.82 Å². The standard InChI is InChI=1S/C11H11BrN4/c12-8-4-1-3-7(10(8)13)11-15-14-9-5-2-6-16(9)11/h1,3-4H,2,5-6,13H2. The van der Waals surface area contributed by atoms with Crippen molar-refractivity contribution in [3.8, 4) is 11.4 Å². The Labute approximate surface area is 102 Å². The number of nitrogens with zero attached hydrogens (tertiary/aromatic N) is 3. The van der Waals surface area contributed by atoms with E-state index in [4.69, 9.17) is 5.73 Å². The van der Waals surface area contributed by atoms with Gasteiger partial charge in [-0.25, -0.2) is 0 Å². The number of fused-ring (bicyclic) bond motifs is 1. The van der Waals surface area contributed by atoms with Crippen LogP contribution >= 0.6 is 15.9 Å². The van der Waals surface area contributed by atoms with Crippen LogP contribution < -0.4 is 5.73 Å². The van der Waals surface area contributed by atoms with Crippen LogP contribution in [0.25, 0.3) is 11.4 Å². The van der Waals surface area contributed by atoms with Crippen molar-refractivity contribution in [1.29, 1.82) is 0 Å². The molecule has 2 N–H and O–H groups in total. The Morgan fingerprint density at radius 3 is 3.06 bits per heavy atom. The maximum atomic E-state index is 6.04. The molecule has 82 valence electrons. The summed E-state index contributed by atoms with van der Waals surface area (Å²) in [4.78, 5) is 0. The number of nitrogen functional groups attached to an aromatic ring is 1. The molecule has 0 aliphatic carbocycles. The van der Waals surface area contributed by atoms with Gasteiger partial charge in [-0.1, -0.05) is 6.07 Å². The molecule has 0 spiro atoms. The molecule has 1 aliphatic rings. The highest BCUT2D eigenvalue weighted by atomic mass is 79.9. The van der Waals surface area contributed by atoms with E-state index in [2.05, 4.69) is 30.7 Å². The minimum atomic E-state index is 0.726. The lowest BCUT2D eigenvalue weighted by Crippen LogP contribution is -1.99. The van der Waals surface area contributed by atoms with Crippen LogP contribution in [0.15, 0.2) is 22.7 Å². The topological polar surface area (TPSA) is 56.7 Å². The van der Waals surface area contributed by atoms with E-state index in [0.29, 0.717) is 0 Å². The molecule has 0 radical (unpaired) electrons. The Kier molecular flexibility index (Phi) is 2.21. The summed E-state index contributed by atoms with van der Waals surface area (Å²) < 4.78 is 3.05. The molecule has 1 aliphatic heterocycles. The molecular weight excluding hydrogens is 268 g/mol. The molecule has 3 rings (SSSR count). The Bertz CT molecular complexity index is 547. The molecule has 2 aromatic rings. The van der Waals surface area contributed by atoms with Gasteiger partial charge in [0.25, 0.3) is 0 Å². The molecule has 1 aromatic carbocycles. The van der Waals surface area contributed by atoms with Crippen molar-refractivity contribution in [3.05, 3.63) is 28.5 Å². The molecule has 4 nitrogen and oxygen atoms in total. The Hall–Kier alpha value is -1.36. The van der Waals surface area contributed by atoms with Crippen molar-refractivity contribution in [2.75, 3.05) is 5.73 Å². The van der Waals surface area contributed by atoms with E-state index >= 15 is 0 Å². The fraction of sp³-hybridized carbons (Fsp3) is 0.273. The van der Waals surface area contributed by atoms with E-state index in [1.807, 2.05) is 18.2 Å². The molecule has 0 bridgehead atoms. The van der Waals surface area contributed by atoms with Crippen molar-refractivity contribution >= 4 is 21.6 Å². The lowest BCUT2D eigenvalue weighted by molar-refractivity contribution is 0.749. The van der Waals surface area contributed by atoms with Crippen LogP contribution in [-0.2, 0) is 13.0 Å². The van der Waals surface area contributed by atoms with E-state index in [1.54, 1.807) is 0 Å². The molecule has 16 heavy (non-hydrogen) atoms. The number of rotatable bonds is 1. The average molecular weight is 279 g/mol. The molecule has 1 aromatic heterocycles. The van der Waals surface area contributed by atoms with E-state index in [9.17, 15) is 0 Å². The van der Waals surface area contributed by atoms with Gasteiger partial charge >= 0.3 is 0 Å². The SMILES string of the molecule is Nc1c(Br)cccc1-c1nnc2n1CCC2. The monoisotopic (exact) mass is 278 g/mol. The second-order valence-corrected chi connectivity index (χ2v) is 4.75. The van der Waals surface area contributed by atoms with E-state index < -0.39 is 0 Å². The number of halogens is 1. The Balaban J connectivity index is 2.19. The summed E-state index contributed by atoms with van der Waals surface area (Å²) in [5, 5.41) is 8.41. The largest absolute Gasteiger partial charge is 0.397 e. The first-order valence-electron chi connectivity index (χ1n) is 5.24. The smallest absolute Gasteiger partial charge is 0.166 e. The third-order valence-electron chi connectivity index (χ3n) is 2.90. The zero-order chi connectivity index (χ0) is 11.1. The number of hydrogen-bond donors (Lipinski definition) is 1. The third-order valence-corrected chi connectivity index (χ3v) is 3.59. The van der Waals surface area contributed by atoms with Crippen LogP contribution in [0, 0.1) is 0 Å². The fourth-order valence-corrected chi connectivity index (χ4v) is 2.45. The number of aromatic nitrogens is 3. The van der Waals surface area contributed by atoms with Gasteiger partial charge in [-0.15, -0.1) is 10.2 Å². The molecule has 2 heterocycles. The first-order chi connectivity index (χ1) is 7.77. The first kappa shape index (κ1) is 9.84. The summed E-state index contributed by atoms with van der Waals surface area (Å²) in [5.74, 6) is 1.95. The van der Waals surface area contributed by atoms with Crippen LogP contribution in [-0.4, -0.2) is 14.8 Å². The molecule has 0 saturated carbocycles. The summed E-state index contributed by atoms with van der Waals surface area (Å²) in [6.07, 6.45) is 2.16. The van der Waals surface area contributed by atoms with Gasteiger partial charge in [0.05, 0.1) is 5.69 Å². The number of benzene rings is 1. The number of aryl methyl sites for hydroxylation is 1. The van der Waals surface area contributed by atoms with Gasteiger partial charge in [0.15, 0.2) is 5.82 Å². The van der Waals surface area contributed by atoms with Crippen molar-refractivity contribution < 1.29 is 0 Å². The normalized spacial score (nSPS) is 14.1. The molecule has 0 atom stereocenters. The summed E-state index contributed by atoms with van der Waals surface area (Å²) in [5.41, 5.74) is 7.72. The van der Waals surface area contributed by atoms with Gasteiger partial charge in [-0.05, 0) is 34.5 Å². The molecule has 0 saturated heterocycles. The summed E-state index contributed by atoms with van der Waals surface area (Å²) in [7, 11) is 0. The molecule has 0 amide bonds. The van der Waals surface area contributed by atoms with Crippen LogP contribution in [0.4, 0.5) is 5.69 Å². The van der Waals surface area contributed by atoms with Crippen LogP contribution in [0.3, 0.4) is 0 Å². The number of nitrogens with two attached hydrogens (primary N) is 1. The van der Waals surface area contributed by atoms with Crippen molar-refractivity contribution in [2.45, 2.75) is 19.4 Å². The second-order valence-electron chi connectivity index (χ2n) is 3.90. The third kappa shape index (κ3) is 1.35. The minimum absolute atomic E-state index is 0.726. The van der Waals surface area contributed by atoms with Gasteiger partial charge < -0.3 is 10.3 Å². The second kappa shape index (κ2) is 3.59. The first-order valence-corrected chi connectivity index (χ1v) is 6.03. The Morgan fingerprint density at radius 1 is 1.31 bits per heavy atom. The zero-order valence-electron chi connectivity index (χ0n) is 8.65. The Morgan fingerprint density at radius 2 is 2.19 bits per heavy atom. The highest BCUT2D eigenvalue weighted by Gasteiger charge is 2.20. The van der Waals surface area contributed by atoms with Gasteiger partial charge in [-0.2, -0.15) is 0 Å². The maximum absolute atomic E-state index is 6.04. The summed E-state index contributed by atoms with van der Waals surface area (Å²) in [6.45, 7) is 0.990. The number of para-hydroxylation sites is 1. The zero-order valence-corrected chi connectivity index (χ0v) is 10.2. The molecule has 0 unspecified atom stereocenters. The predicted octanol–water partition coefficient (Wildman–Crippen LogP) is 2.24. The predicted molar refractivity (Wildman–Crippen MR) is 65.9 cm³/mol. The number of anilines is 1. The summed E-state index contributed by atoms with van der Waals surface area (Å²) in [6, 6.07) is 5.88. The molecule has 5 heteroatoms. The molecular formula is C11H11BrN4. The van der Waals surface area contributed by atoms with Crippen molar-refractivity contribution in [2.24, 2.45) is 0 Å². The van der Waals surface area contributed by atoms with Crippen LogP contribution in [0.5, 0.6) is 0 Å². The minimum Gasteiger partial charge on any atom is -0.397 e. The quantitative estimate of drug-likeness (QED) is 0.814. The van der Waals surface area contributed by atoms with Crippen LogP contribution in [0.1, 0.15) is 12.2 Å². The highest BCUT2D eigenvalue weighted by molar-refractivity contribution is 9.10. The maximum Gasteiger partial charge on any atom is 0.166 e.